The van der Waals surface area contributed by atoms with Crippen molar-refractivity contribution in [1.82, 2.24) is 14.9 Å². The van der Waals surface area contributed by atoms with Gasteiger partial charge in [0.15, 0.2) is 0 Å². The highest BCUT2D eigenvalue weighted by Gasteiger charge is 2.42. The molecule has 0 saturated heterocycles. The summed E-state index contributed by atoms with van der Waals surface area (Å²) >= 11 is 0. The summed E-state index contributed by atoms with van der Waals surface area (Å²) in [4.78, 5) is 19.9. The molecule has 0 saturated carbocycles. The van der Waals surface area contributed by atoms with Gasteiger partial charge in [-0.15, -0.1) is 0 Å². The van der Waals surface area contributed by atoms with Gasteiger partial charge in [-0.2, -0.15) is 13.2 Å². The van der Waals surface area contributed by atoms with Crippen LogP contribution in [0.3, 0.4) is 0 Å². The van der Waals surface area contributed by atoms with Gasteiger partial charge in [-0.1, -0.05) is 12.1 Å². The topological polar surface area (TPSA) is 46.1 Å². The van der Waals surface area contributed by atoms with Crippen molar-refractivity contribution in [3.8, 4) is 0 Å². The summed E-state index contributed by atoms with van der Waals surface area (Å²) in [6.45, 7) is -0.331. The standard InChI is InChI=1S/C14H12F3N3O/c15-14(16,17)13(21)20(9-11-3-1-5-18-7-11)10-12-4-2-6-19-8-12/h1-8H,9-10H2. The molecule has 0 bridgehead atoms. The fourth-order valence-electron chi connectivity index (χ4n) is 1.80. The largest absolute Gasteiger partial charge is 0.471 e. The van der Waals surface area contributed by atoms with Crippen molar-refractivity contribution in [2.45, 2.75) is 19.3 Å². The molecule has 0 N–H and O–H groups in total. The Morgan fingerprint density at radius 2 is 1.48 bits per heavy atom. The Bertz CT molecular complexity index is 546. The summed E-state index contributed by atoms with van der Waals surface area (Å²) in [6.07, 6.45) is 0.977. The first-order valence-electron chi connectivity index (χ1n) is 6.11. The van der Waals surface area contributed by atoms with E-state index in [-0.39, 0.29) is 13.1 Å². The second-order valence-corrected chi connectivity index (χ2v) is 4.38. The van der Waals surface area contributed by atoms with Crippen LogP contribution >= 0.6 is 0 Å². The third-order valence-electron chi connectivity index (χ3n) is 2.72. The van der Waals surface area contributed by atoms with Crippen molar-refractivity contribution in [1.29, 1.82) is 0 Å². The maximum absolute atomic E-state index is 12.7. The van der Waals surface area contributed by atoms with Crippen molar-refractivity contribution in [3.05, 3.63) is 60.2 Å². The van der Waals surface area contributed by atoms with Crippen LogP contribution < -0.4 is 0 Å². The number of carbonyl (C=O) groups is 1. The molecular formula is C14H12F3N3O. The molecule has 0 radical (unpaired) electrons. The predicted octanol–water partition coefficient (Wildman–Crippen LogP) is 2.57. The van der Waals surface area contributed by atoms with Gasteiger partial charge in [-0.25, -0.2) is 0 Å². The van der Waals surface area contributed by atoms with Crippen molar-refractivity contribution >= 4 is 5.91 Å². The Balaban J connectivity index is 2.20. The summed E-state index contributed by atoms with van der Waals surface area (Å²) in [6, 6.07) is 6.45. The normalized spacial score (nSPS) is 11.2. The molecule has 0 aliphatic carbocycles. The molecule has 21 heavy (non-hydrogen) atoms. The van der Waals surface area contributed by atoms with Crippen LogP contribution in [-0.2, 0) is 17.9 Å². The average Bonchev–Trinajstić information content (AvgIpc) is 2.47. The minimum Gasteiger partial charge on any atom is -0.326 e. The van der Waals surface area contributed by atoms with Crippen molar-refractivity contribution < 1.29 is 18.0 Å². The van der Waals surface area contributed by atoms with Crippen molar-refractivity contribution in [2.75, 3.05) is 0 Å². The number of amides is 1. The maximum Gasteiger partial charge on any atom is 0.471 e. The minimum absolute atomic E-state index is 0.166. The van der Waals surface area contributed by atoms with Gasteiger partial charge in [0.25, 0.3) is 0 Å². The smallest absolute Gasteiger partial charge is 0.326 e. The monoisotopic (exact) mass is 295 g/mol. The molecule has 4 nitrogen and oxygen atoms in total. The zero-order valence-corrected chi connectivity index (χ0v) is 10.9. The molecular weight excluding hydrogens is 283 g/mol. The molecule has 0 spiro atoms. The molecule has 110 valence electrons. The number of nitrogens with zero attached hydrogens (tertiary/aromatic N) is 3. The predicted molar refractivity (Wildman–Crippen MR) is 68.8 cm³/mol. The lowest BCUT2D eigenvalue weighted by atomic mass is 10.2. The molecule has 2 heterocycles. The van der Waals surface area contributed by atoms with E-state index in [9.17, 15) is 18.0 Å². The molecule has 0 aliphatic heterocycles. The number of aromatic nitrogens is 2. The van der Waals surface area contributed by atoms with E-state index in [2.05, 4.69) is 9.97 Å². The summed E-state index contributed by atoms with van der Waals surface area (Å²) in [5, 5.41) is 0. The lowest BCUT2D eigenvalue weighted by Gasteiger charge is -2.23. The number of halogens is 3. The maximum atomic E-state index is 12.7. The summed E-state index contributed by atoms with van der Waals surface area (Å²) < 4.78 is 38.0. The number of alkyl halides is 3. The second-order valence-electron chi connectivity index (χ2n) is 4.38. The number of hydrogen-bond acceptors (Lipinski definition) is 3. The van der Waals surface area contributed by atoms with Gasteiger partial charge in [0, 0.05) is 37.9 Å². The Kier molecular flexibility index (Phi) is 4.52. The van der Waals surface area contributed by atoms with Crippen LogP contribution in [0.2, 0.25) is 0 Å². The SMILES string of the molecule is O=C(N(Cc1cccnc1)Cc1cccnc1)C(F)(F)F. The van der Waals surface area contributed by atoms with Gasteiger partial charge in [0.2, 0.25) is 0 Å². The number of hydrogen-bond donors (Lipinski definition) is 0. The quantitative estimate of drug-likeness (QED) is 0.871. The number of rotatable bonds is 4. The van der Waals surface area contributed by atoms with E-state index in [0.29, 0.717) is 11.1 Å². The highest BCUT2D eigenvalue weighted by atomic mass is 19.4. The van der Waals surface area contributed by atoms with E-state index in [1.54, 1.807) is 24.3 Å². The van der Waals surface area contributed by atoms with Crippen LogP contribution in [0.15, 0.2) is 49.1 Å². The molecule has 0 atom stereocenters. The minimum atomic E-state index is -4.91. The molecule has 0 fully saturated rings. The van der Waals surface area contributed by atoms with Crippen molar-refractivity contribution in [3.63, 3.8) is 0 Å². The van der Waals surface area contributed by atoms with Crippen LogP contribution in [0.1, 0.15) is 11.1 Å². The zero-order chi connectivity index (χ0) is 15.3. The molecule has 0 unspecified atom stereocenters. The van der Waals surface area contributed by atoms with Gasteiger partial charge in [0.05, 0.1) is 0 Å². The zero-order valence-electron chi connectivity index (χ0n) is 10.9. The molecule has 0 aliphatic rings. The van der Waals surface area contributed by atoms with E-state index in [1.807, 2.05) is 0 Å². The van der Waals surface area contributed by atoms with Gasteiger partial charge >= 0.3 is 12.1 Å². The van der Waals surface area contributed by atoms with Crippen LogP contribution in [0.4, 0.5) is 13.2 Å². The summed E-state index contributed by atoms with van der Waals surface area (Å²) in [5.41, 5.74) is 1.05. The van der Waals surface area contributed by atoms with Gasteiger partial charge in [-0.05, 0) is 23.3 Å². The van der Waals surface area contributed by atoms with E-state index >= 15 is 0 Å². The molecule has 0 aromatic carbocycles. The fraction of sp³-hybridized carbons (Fsp3) is 0.214. The summed E-state index contributed by atoms with van der Waals surface area (Å²) in [7, 11) is 0. The summed E-state index contributed by atoms with van der Waals surface area (Å²) in [5.74, 6) is -1.88. The molecule has 2 aromatic rings. The highest BCUT2D eigenvalue weighted by molar-refractivity contribution is 5.81. The Labute approximate surface area is 119 Å². The van der Waals surface area contributed by atoms with Gasteiger partial charge in [0.1, 0.15) is 0 Å². The van der Waals surface area contributed by atoms with Crippen LogP contribution in [-0.4, -0.2) is 27.0 Å². The molecule has 2 rings (SSSR count). The highest BCUT2D eigenvalue weighted by Crippen LogP contribution is 2.21. The first-order chi connectivity index (χ1) is 9.97. The fourth-order valence-corrected chi connectivity index (χ4v) is 1.80. The van der Waals surface area contributed by atoms with Crippen molar-refractivity contribution in [2.24, 2.45) is 0 Å². The Hall–Kier alpha value is -2.44. The van der Waals surface area contributed by atoms with Crippen LogP contribution in [0.25, 0.3) is 0 Å². The second kappa shape index (κ2) is 6.34. The Morgan fingerprint density at radius 1 is 1.00 bits per heavy atom. The first-order valence-corrected chi connectivity index (χ1v) is 6.11. The number of carbonyl (C=O) groups excluding carboxylic acids is 1. The van der Waals surface area contributed by atoms with Crippen LogP contribution in [0.5, 0.6) is 0 Å². The lowest BCUT2D eigenvalue weighted by molar-refractivity contribution is -0.186. The van der Waals surface area contributed by atoms with E-state index in [0.717, 1.165) is 4.90 Å². The van der Waals surface area contributed by atoms with E-state index < -0.39 is 12.1 Å². The van der Waals surface area contributed by atoms with Gasteiger partial charge < -0.3 is 4.90 Å². The molecule has 7 heteroatoms. The van der Waals surface area contributed by atoms with E-state index in [1.165, 1.54) is 24.8 Å². The average molecular weight is 295 g/mol. The molecule has 1 amide bonds. The van der Waals surface area contributed by atoms with Gasteiger partial charge in [-0.3, -0.25) is 14.8 Å². The van der Waals surface area contributed by atoms with E-state index in [4.69, 9.17) is 0 Å². The Morgan fingerprint density at radius 3 is 1.81 bits per heavy atom. The lowest BCUT2D eigenvalue weighted by Crippen LogP contribution is -2.40. The first kappa shape index (κ1) is 15.0. The number of pyridine rings is 2. The van der Waals surface area contributed by atoms with Crippen LogP contribution in [0, 0.1) is 0 Å². The third-order valence-corrected chi connectivity index (χ3v) is 2.72. The molecule has 2 aromatic heterocycles. The third kappa shape index (κ3) is 4.27.